The molecule has 0 aromatic carbocycles. The van der Waals surface area contributed by atoms with E-state index in [2.05, 4.69) is 24.9 Å². The van der Waals surface area contributed by atoms with E-state index in [0.29, 0.717) is 5.82 Å². The summed E-state index contributed by atoms with van der Waals surface area (Å²) in [6.45, 7) is 3.82. The normalized spacial score (nSPS) is 15.4. The van der Waals surface area contributed by atoms with Crippen molar-refractivity contribution in [2.45, 2.75) is 19.6 Å². The van der Waals surface area contributed by atoms with Crippen LogP contribution in [0, 0.1) is 0 Å². The highest BCUT2D eigenvalue weighted by Crippen LogP contribution is 2.14. The molecule has 0 saturated heterocycles. The molecular formula is C12H16N6. The number of pyridine rings is 1. The van der Waals surface area contributed by atoms with Gasteiger partial charge in [-0.2, -0.15) is 0 Å². The predicted octanol–water partition coefficient (Wildman–Crippen LogP) is 0.579. The van der Waals surface area contributed by atoms with E-state index in [1.54, 1.807) is 6.20 Å². The molecule has 1 aliphatic heterocycles. The van der Waals surface area contributed by atoms with Crippen LogP contribution >= 0.6 is 0 Å². The Morgan fingerprint density at radius 2 is 2.22 bits per heavy atom. The summed E-state index contributed by atoms with van der Waals surface area (Å²) in [6.07, 6.45) is 5.67. The van der Waals surface area contributed by atoms with E-state index in [1.165, 1.54) is 5.56 Å². The summed E-state index contributed by atoms with van der Waals surface area (Å²) in [5.74, 6) is 7.19. The maximum Gasteiger partial charge on any atom is 0.140 e. The molecule has 0 atom stereocenters. The number of hydrazine groups is 1. The molecule has 0 amide bonds. The molecule has 0 saturated carbocycles. The lowest BCUT2D eigenvalue weighted by atomic mass is 10.2. The number of hydrogen-bond donors (Lipinski definition) is 2. The van der Waals surface area contributed by atoms with E-state index in [1.807, 2.05) is 24.5 Å². The average Bonchev–Trinajstić information content (AvgIpc) is 2.86. The molecule has 2 aromatic heterocycles. The third kappa shape index (κ3) is 2.20. The quantitative estimate of drug-likeness (QED) is 0.610. The van der Waals surface area contributed by atoms with Crippen LogP contribution in [0.4, 0.5) is 5.82 Å². The van der Waals surface area contributed by atoms with Gasteiger partial charge >= 0.3 is 0 Å². The van der Waals surface area contributed by atoms with Crippen LogP contribution in [0.5, 0.6) is 0 Å². The van der Waals surface area contributed by atoms with E-state index in [4.69, 9.17) is 5.84 Å². The Bertz CT molecular complexity index is 535. The molecule has 0 aliphatic carbocycles. The predicted molar refractivity (Wildman–Crippen MR) is 68.4 cm³/mol. The Morgan fingerprint density at radius 3 is 3.11 bits per heavy atom. The molecule has 1 aliphatic rings. The Morgan fingerprint density at radius 1 is 1.28 bits per heavy atom. The first-order chi connectivity index (χ1) is 8.85. The Kier molecular flexibility index (Phi) is 2.95. The first-order valence-electron chi connectivity index (χ1n) is 5.99. The van der Waals surface area contributed by atoms with Gasteiger partial charge in [-0.25, -0.2) is 15.8 Å². The summed E-state index contributed by atoms with van der Waals surface area (Å²) in [5, 5.41) is 0. The van der Waals surface area contributed by atoms with Crippen molar-refractivity contribution < 1.29 is 0 Å². The zero-order chi connectivity index (χ0) is 12.4. The zero-order valence-corrected chi connectivity index (χ0v) is 10.1. The minimum atomic E-state index is 0.700. The molecule has 94 valence electrons. The fraction of sp³-hybridized carbons (Fsp3) is 0.333. The van der Waals surface area contributed by atoms with Gasteiger partial charge in [0.25, 0.3) is 0 Å². The topological polar surface area (TPSA) is 72.0 Å². The lowest BCUT2D eigenvalue weighted by Crippen LogP contribution is -2.33. The van der Waals surface area contributed by atoms with Gasteiger partial charge in [-0.05, 0) is 17.7 Å². The highest BCUT2D eigenvalue weighted by molar-refractivity contribution is 5.35. The van der Waals surface area contributed by atoms with E-state index < -0.39 is 0 Å². The van der Waals surface area contributed by atoms with E-state index >= 15 is 0 Å². The Hall–Kier alpha value is -1.92. The van der Waals surface area contributed by atoms with Crippen molar-refractivity contribution in [3.05, 3.63) is 42.1 Å². The van der Waals surface area contributed by atoms with Crippen LogP contribution in [-0.4, -0.2) is 26.0 Å². The standard InChI is InChI=1S/C12H16N6/c13-16-11-7-10(1-2-14-11)8-17-5-6-18-4-3-15-12(18)9-17/h1-4,7H,5-6,8-9,13H2,(H,14,16). The van der Waals surface area contributed by atoms with Crippen molar-refractivity contribution in [3.63, 3.8) is 0 Å². The van der Waals surface area contributed by atoms with Crippen molar-refractivity contribution in [2.24, 2.45) is 5.84 Å². The molecule has 2 aromatic rings. The highest BCUT2D eigenvalue weighted by Gasteiger charge is 2.16. The van der Waals surface area contributed by atoms with Crippen LogP contribution < -0.4 is 11.3 Å². The van der Waals surface area contributed by atoms with Gasteiger partial charge in [0.05, 0.1) is 6.54 Å². The van der Waals surface area contributed by atoms with Gasteiger partial charge in [-0.3, -0.25) is 4.90 Å². The Labute approximate surface area is 105 Å². The highest BCUT2D eigenvalue weighted by atomic mass is 15.3. The molecule has 0 bridgehead atoms. The molecule has 3 heterocycles. The minimum absolute atomic E-state index is 0.700. The number of nitrogens with one attached hydrogen (secondary N) is 1. The number of nitrogen functional groups attached to an aromatic ring is 1. The molecule has 3 N–H and O–H groups in total. The van der Waals surface area contributed by atoms with Gasteiger partial charge in [0.2, 0.25) is 0 Å². The SMILES string of the molecule is NNc1cc(CN2CCn3ccnc3C2)ccn1. The molecule has 6 nitrogen and oxygen atoms in total. The van der Waals surface area contributed by atoms with Crippen molar-refractivity contribution >= 4 is 5.82 Å². The summed E-state index contributed by atoms with van der Waals surface area (Å²) in [5.41, 5.74) is 3.78. The van der Waals surface area contributed by atoms with Crippen LogP contribution in [0.15, 0.2) is 30.7 Å². The molecule has 0 fully saturated rings. The summed E-state index contributed by atoms with van der Waals surface area (Å²) in [6, 6.07) is 3.99. The maximum absolute atomic E-state index is 5.36. The summed E-state index contributed by atoms with van der Waals surface area (Å²) in [7, 11) is 0. The molecule has 18 heavy (non-hydrogen) atoms. The number of anilines is 1. The van der Waals surface area contributed by atoms with E-state index in [0.717, 1.165) is 32.0 Å². The number of imidazole rings is 1. The minimum Gasteiger partial charge on any atom is -0.333 e. The van der Waals surface area contributed by atoms with Gasteiger partial charge in [0.15, 0.2) is 0 Å². The fourth-order valence-corrected chi connectivity index (χ4v) is 2.27. The van der Waals surface area contributed by atoms with Crippen molar-refractivity contribution in [1.29, 1.82) is 0 Å². The van der Waals surface area contributed by atoms with Gasteiger partial charge in [-0.15, -0.1) is 0 Å². The maximum atomic E-state index is 5.36. The fourth-order valence-electron chi connectivity index (χ4n) is 2.27. The molecule has 0 spiro atoms. The van der Waals surface area contributed by atoms with Gasteiger partial charge < -0.3 is 9.99 Å². The second kappa shape index (κ2) is 4.75. The van der Waals surface area contributed by atoms with Gasteiger partial charge in [0.1, 0.15) is 11.6 Å². The average molecular weight is 244 g/mol. The molecule has 0 radical (unpaired) electrons. The lowest BCUT2D eigenvalue weighted by Gasteiger charge is -2.27. The molecule has 6 heteroatoms. The smallest absolute Gasteiger partial charge is 0.140 e. The Balaban J connectivity index is 1.70. The molecule has 3 rings (SSSR count). The second-order valence-electron chi connectivity index (χ2n) is 4.44. The van der Waals surface area contributed by atoms with Crippen molar-refractivity contribution in [3.8, 4) is 0 Å². The first-order valence-corrected chi connectivity index (χ1v) is 5.99. The van der Waals surface area contributed by atoms with E-state index in [9.17, 15) is 0 Å². The third-order valence-electron chi connectivity index (χ3n) is 3.20. The second-order valence-corrected chi connectivity index (χ2v) is 4.44. The van der Waals surface area contributed by atoms with Crippen LogP contribution in [-0.2, 0) is 19.6 Å². The van der Waals surface area contributed by atoms with E-state index in [-0.39, 0.29) is 0 Å². The number of rotatable bonds is 3. The van der Waals surface area contributed by atoms with Gasteiger partial charge in [-0.1, -0.05) is 0 Å². The largest absolute Gasteiger partial charge is 0.333 e. The number of hydrogen-bond acceptors (Lipinski definition) is 5. The van der Waals surface area contributed by atoms with Crippen LogP contribution in [0.25, 0.3) is 0 Å². The third-order valence-corrected chi connectivity index (χ3v) is 3.20. The van der Waals surface area contributed by atoms with Crippen molar-refractivity contribution in [1.82, 2.24) is 19.4 Å². The summed E-state index contributed by atoms with van der Waals surface area (Å²) >= 11 is 0. The number of nitrogens with zero attached hydrogens (tertiary/aromatic N) is 4. The number of aromatic nitrogens is 3. The molecular weight excluding hydrogens is 228 g/mol. The van der Waals surface area contributed by atoms with Crippen molar-refractivity contribution in [2.75, 3.05) is 12.0 Å². The summed E-state index contributed by atoms with van der Waals surface area (Å²) < 4.78 is 2.20. The lowest BCUT2D eigenvalue weighted by molar-refractivity contribution is 0.209. The monoisotopic (exact) mass is 244 g/mol. The first kappa shape index (κ1) is 11.2. The van der Waals surface area contributed by atoms with Crippen LogP contribution in [0.2, 0.25) is 0 Å². The summed E-state index contributed by atoms with van der Waals surface area (Å²) in [4.78, 5) is 10.8. The zero-order valence-electron chi connectivity index (χ0n) is 10.1. The molecule has 0 unspecified atom stereocenters. The number of fused-ring (bicyclic) bond motifs is 1. The van der Waals surface area contributed by atoms with Gasteiger partial charge in [0, 0.05) is 38.2 Å². The van der Waals surface area contributed by atoms with Crippen LogP contribution in [0.3, 0.4) is 0 Å². The number of nitrogens with two attached hydrogens (primary N) is 1. The van der Waals surface area contributed by atoms with Crippen LogP contribution in [0.1, 0.15) is 11.4 Å².